The molecule has 0 amide bonds. The van der Waals surface area contributed by atoms with Crippen LogP contribution in [0.25, 0.3) is 0 Å². The van der Waals surface area contributed by atoms with E-state index in [1.807, 2.05) is 19.1 Å². The third kappa shape index (κ3) is 2.56. The van der Waals surface area contributed by atoms with Gasteiger partial charge < -0.3 is 10.4 Å². The predicted octanol–water partition coefficient (Wildman–Crippen LogP) is 3.44. The van der Waals surface area contributed by atoms with Crippen LogP contribution in [0.5, 0.6) is 5.75 Å². The summed E-state index contributed by atoms with van der Waals surface area (Å²) in [7, 11) is 0. The summed E-state index contributed by atoms with van der Waals surface area (Å²) in [5.74, 6) is 0.391. The average molecular weight is 267 g/mol. The molecule has 0 saturated carbocycles. The third-order valence-electron chi connectivity index (χ3n) is 4.17. The molecule has 0 saturated heterocycles. The molecule has 2 nitrogen and oxygen atoms in total. The fraction of sp³-hybridized carbons (Fsp3) is 0.333. The van der Waals surface area contributed by atoms with Gasteiger partial charge in [-0.15, -0.1) is 0 Å². The minimum atomic E-state index is 0.349. The smallest absolute Gasteiger partial charge is 0.118 e. The molecule has 0 radical (unpaired) electrons. The molecule has 1 atom stereocenters. The summed E-state index contributed by atoms with van der Waals surface area (Å²) in [6.45, 7) is 5.10. The molecular formula is C18H21NO. The van der Waals surface area contributed by atoms with E-state index in [-0.39, 0.29) is 0 Å². The standard InChI is InChI=1S/C18H21NO/c1-12-3-6-16-15(9-12)7-8-19-17(16)10-14-5-4-13(2)18(20)11-14/h3-6,9,11,17,19-20H,7-8,10H2,1-2H3/t17-/m1/s1. The normalized spacial score (nSPS) is 17.8. The Morgan fingerprint density at radius 2 is 2.00 bits per heavy atom. The summed E-state index contributed by atoms with van der Waals surface area (Å²) in [4.78, 5) is 0. The van der Waals surface area contributed by atoms with Crippen molar-refractivity contribution in [1.29, 1.82) is 0 Å². The largest absolute Gasteiger partial charge is 0.508 e. The highest BCUT2D eigenvalue weighted by Gasteiger charge is 2.20. The second-order valence-electron chi connectivity index (χ2n) is 5.78. The summed E-state index contributed by atoms with van der Waals surface area (Å²) in [5, 5.41) is 13.4. The molecule has 3 rings (SSSR count). The highest BCUT2D eigenvalue weighted by Crippen LogP contribution is 2.28. The Hall–Kier alpha value is -1.80. The van der Waals surface area contributed by atoms with E-state index < -0.39 is 0 Å². The molecule has 0 aromatic heterocycles. The van der Waals surface area contributed by atoms with Gasteiger partial charge in [0.2, 0.25) is 0 Å². The Balaban J connectivity index is 1.87. The quantitative estimate of drug-likeness (QED) is 0.873. The van der Waals surface area contributed by atoms with Gasteiger partial charge in [-0.1, -0.05) is 35.9 Å². The van der Waals surface area contributed by atoms with Gasteiger partial charge in [-0.25, -0.2) is 0 Å². The lowest BCUT2D eigenvalue weighted by molar-refractivity contribution is 0.467. The van der Waals surface area contributed by atoms with E-state index in [0.29, 0.717) is 11.8 Å². The maximum atomic E-state index is 9.84. The number of aromatic hydroxyl groups is 1. The topological polar surface area (TPSA) is 32.3 Å². The van der Waals surface area contributed by atoms with Gasteiger partial charge in [0.05, 0.1) is 0 Å². The first-order valence-electron chi connectivity index (χ1n) is 7.25. The van der Waals surface area contributed by atoms with Crippen molar-refractivity contribution in [1.82, 2.24) is 5.32 Å². The van der Waals surface area contributed by atoms with Gasteiger partial charge in [-0.05, 0) is 61.6 Å². The van der Waals surface area contributed by atoms with E-state index in [9.17, 15) is 5.11 Å². The zero-order valence-corrected chi connectivity index (χ0v) is 12.1. The SMILES string of the molecule is Cc1ccc2c(c1)CCN[C@@H]2Cc1ccc(C)c(O)c1. The number of phenols is 1. The van der Waals surface area contributed by atoms with Crippen molar-refractivity contribution in [3.63, 3.8) is 0 Å². The molecule has 2 aromatic carbocycles. The van der Waals surface area contributed by atoms with Crippen LogP contribution in [0.3, 0.4) is 0 Å². The molecular weight excluding hydrogens is 246 g/mol. The third-order valence-corrected chi connectivity index (χ3v) is 4.17. The van der Waals surface area contributed by atoms with E-state index in [1.165, 1.54) is 22.3 Å². The molecule has 2 N–H and O–H groups in total. The van der Waals surface area contributed by atoms with E-state index in [1.54, 1.807) is 0 Å². The Labute approximate surface area is 120 Å². The Bertz CT molecular complexity index is 633. The number of benzene rings is 2. The van der Waals surface area contributed by atoms with E-state index >= 15 is 0 Å². The van der Waals surface area contributed by atoms with Crippen LogP contribution in [-0.4, -0.2) is 11.7 Å². The Kier molecular flexibility index (Phi) is 3.49. The van der Waals surface area contributed by atoms with E-state index in [4.69, 9.17) is 0 Å². The second-order valence-corrected chi connectivity index (χ2v) is 5.78. The van der Waals surface area contributed by atoms with Crippen LogP contribution in [0.2, 0.25) is 0 Å². The number of aryl methyl sites for hydroxylation is 2. The molecule has 2 aromatic rings. The van der Waals surface area contributed by atoms with Crippen molar-refractivity contribution in [2.75, 3.05) is 6.54 Å². The van der Waals surface area contributed by atoms with Crippen molar-refractivity contribution in [2.24, 2.45) is 0 Å². The van der Waals surface area contributed by atoms with Crippen molar-refractivity contribution in [2.45, 2.75) is 32.7 Å². The van der Waals surface area contributed by atoms with Gasteiger partial charge in [0.25, 0.3) is 0 Å². The minimum Gasteiger partial charge on any atom is -0.508 e. The van der Waals surface area contributed by atoms with Crippen molar-refractivity contribution in [3.05, 3.63) is 64.2 Å². The lowest BCUT2D eigenvalue weighted by Crippen LogP contribution is -2.31. The zero-order valence-electron chi connectivity index (χ0n) is 12.1. The van der Waals surface area contributed by atoms with Crippen molar-refractivity contribution in [3.8, 4) is 5.75 Å². The minimum absolute atomic E-state index is 0.349. The first kappa shape index (κ1) is 13.2. The molecule has 0 unspecified atom stereocenters. The molecule has 104 valence electrons. The highest BCUT2D eigenvalue weighted by atomic mass is 16.3. The lowest BCUT2D eigenvalue weighted by Gasteiger charge is -2.27. The first-order chi connectivity index (χ1) is 9.63. The molecule has 0 spiro atoms. The summed E-state index contributed by atoms with van der Waals surface area (Å²) >= 11 is 0. The molecule has 0 aliphatic carbocycles. The maximum Gasteiger partial charge on any atom is 0.118 e. The second kappa shape index (κ2) is 5.29. The summed E-state index contributed by atoms with van der Waals surface area (Å²) in [6.07, 6.45) is 2.02. The molecule has 2 heteroatoms. The van der Waals surface area contributed by atoms with E-state index in [2.05, 4.69) is 36.5 Å². The monoisotopic (exact) mass is 267 g/mol. The van der Waals surface area contributed by atoms with Crippen LogP contribution in [0.15, 0.2) is 36.4 Å². The number of fused-ring (bicyclic) bond motifs is 1. The first-order valence-corrected chi connectivity index (χ1v) is 7.25. The molecule has 0 fully saturated rings. The lowest BCUT2D eigenvalue weighted by atomic mass is 9.89. The molecule has 0 bridgehead atoms. The fourth-order valence-corrected chi connectivity index (χ4v) is 2.98. The van der Waals surface area contributed by atoms with Gasteiger partial charge in [-0.3, -0.25) is 0 Å². The van der Waals surface area contributed by atoms with Crippen LogP contribution in [0, 0.1) is 13.8 Å². The molecule has 1 heterocycles. The van der Waals surface area contributed by atoms with Gasteiger partial charge >= 0.3 is 0 Å². The Morgan fingerprint density at radius 1 is 1.15 bits per heavy atom. The summed E-state index contributed by atoms with van der Waals surface area (Å²) < 4.78 is 0. The fourth-order valence-electron chi connectivity index (χ4n) is 2.98. The Morgan fingerprint density at radius 3 is 2.80 bits per heavy atom. The predicted molar refractivity (Wildman–Crippen MR) is 82.2 cm³/mol. The molecule has 20 heavy (non-hydrogen) atoms. The number of nitrogens with one attached hydrogen (secondary N) is 1. The molecule has 1 aliphatic rings. The number of hydrogen-bond acceptors (Lipinski definition) is 2. The van der Waals surface area contributed by atoms with Gasteiger partial charge in [-0.2, -0.15) is 0 Å². The van der Waals surface area contributed by atoms with Crippen LogP contribution >= 0.6 is 0 Å². The van der Waals surface area contributed by atoms with Gasteiger partial charge in [0, 0.05) is 6.04 Å². The van der Waals surface area contributed by atoms with E-state index in [0.717, 1.165) is 24.9 Å². The number of phenolic OH excluding ortho intramolecular Hbond substituents is 1. The van der Waals surface area contributed by atoms with Crippen LogP contribution in [0.1, 0.15) is 33.9 Å². The van der Waals surface area contributed by atoms with Crippen LogP contribution in [-0.2, 0) is 12.8 Å². The summed E-state index contributed by atoms with van der Waals surface area (Å²) in [6, 6.07) is 13.1. The zero-order chi connectivity index (χ0) is 14.1. The van der Waals surface area contributed by atoms with Gasteiger partial charge in [0.1, 0.15) is 5.75 Å². The summed E-state index contributed by atoms with van der Waals surface area (Å²) in [5.41, 5.74) is 6.31. The van der Waals surface area contributed by atoms with Crippen LogP contribution < -0.4 is 5.32 Å². The van der Waals surface area contributed by atoms with Gasteiger partial charge in [0.15, 0.2) is 0 Å². The van der Waals surface area contributed by atoms with Crippen LogP contribution in [0.4, 0.5) is 0 Å². The number of hydrogen-bond donors (Lipinski definition) is 2. The van der Waals surface area contributed by atoms with Crippen molar-refractivity contribution >= 4 is 0 Å². The average Bonchev–Trinajstić information content (AvgIpc) is 2.43. The van der Waals surface area contributed by atoms with Crippen molar-refractivity contribution < 1.29 is 5.11 Å². The highest BCUT2D eigenvalue weighted by molar-refractivity contribution is 5.39. The molecule has 1 aliphatic heterocycles. The maximum absolute atomic E-state index is 9.84. The number of rotatable bonds is 2.